The summed E-state index contributed by atoms with van der Waals surface area (Å²) in [5.74, 6) is -0.354. The van der Waals surface area contributed by atoms with E-state index in [4.69, 9.17) is 4.74 Å². The van der Waals surface area contributed by atoms with E-state index in [0.29, 0.717) is 11.3 Å². The van der Waals surface area contributed by atoms with E-state index in [1.165, 1.54) is 24.3 Å². The summed E-state index contributed by atoms with van der Waals surface area (Å²) in [6.45, 7) is 0. The number of ether oxygens (including phenoxy) is 1. The van der Waals surface area contributed by atoms with Crippen LogP contribution in [0.3, 0.4) is 0 Å². The number of esters is 1. The third kappa shape index (κ3) is 4.48. The smallest absolute Gasteiger partial charge is 0.336 e. The zero-order valence-corrected chi connectivity index (χ0v) is 12.0. The molecule has 0 bridgehead atoms. The molecule has 0 unspecified atom stereocenters. The summed E-state index contributed by atoms with van der Waals surface area (Å²) in [5, 5.41) is 0. The van der Waals surface area contributed by atoms with Crippen molar-refractivity contribution < 1.29 is 13.9 Å². The van der Waals surface area contributed by atoms with Gasteiger partial charge in [-0.1, -0.05) is 12.1 Å². The molecule has 96 valence electrons. The van der Waals surface area contributed by atoms with Crippen molar-refractivity contribution in [3.63, 3.8) is 0 Å². The second-order valence-corrected chi connectivity index (χ2v) is 5.01. The standard InChI is InChI=1S/C15H10FIO2/c16-12-3-1-2-11(10-12)4-9-15(18)19-14-7-5-13(17)6-8-14/h1-10H/b9-4+. The van der Waals surface area contributed by atoms with Crippen molar-refractivity contribution >= 4 is 34.6 Å². The first-order chi connectivity index (χ1) is 9.13. The number of hydrogen-bond donors (Lipinski definition) is 0. The van der Waals surface area contributed by atoms with Crippen molar-refractivity contribution in [1.29, 1.82) is 0 Å². The molecule has 0 aromatic heterocycles. The van der Waals surface area contributed by atoms with Crippen molar-refractivity contribution in [3.8, 4) is 5.75 Å². The van der Waals surface area contributed by atoms with Gasteiger partial charge >= 0.3 is 5.97 Å². The molecule has 0 radical (unpaired) electrons. The van der Waals surface area contributed by atoms with Gasteiger partial charge in [0.15, 0.2) is 0 Å². The maximum atomic E-state index is 12.9. The lowest BCUT2D eigenvalue weighted by Crippen LogP contribution is -2.03. The van der Waals surface area contributed by atoms with Gasteiger partial charge in [0.05, 0.1) is 0 Å². The van der Waals surface area contributed by atoms with Crippen molar-refractivity contribution in [2.45, 2.75) is 0 Å². The average Bonchev–Trinajstić information content (AvgIpc) is 2.39. The highest BCUT2D eigenvalue weighted by Gasteiger charge is 2.00. The van der Waals surface area contributed by atoms with Crippen LogP contribution in [0.4, 0.5) is 4.39 Å². The van der Waals surface area contributed by atoms with Gasteiger partial charge in [0.25, 0.3) is 0 Å². The van der Waals surface area contributed by atoms with Gasteiger partial charge < -0.3 is 4.74 Å². The predicted molar refractivity (Wildman–Crippen MR) is 80.2 cm³/mol. The highest BCUT2D eigenvalue weighted by molar-refractivity contribution is 14.1. The van der Waals surface area contributed by atoms with Gasteiger partial charge in [0, 0.05) is 9.65 Å². The van der Waals surface area contributed by atoms with E-state index in [-0.39, 0.29) is 5.82 Å². The summed E-state index contributed by atoms with van der Waals surface area (Å²) >= 11 is 2.17. The predicted octanol–water partition coefficient (Wildman–Crippen LogP) is 4.05. The summed E-state index contributed by atoms with van der Waals surface area (Å²) < 4.78 is 19.1. The van der Waals surface area contributed by atoms with E-state index in [1.807, 2.05) is 12.1 Å². The second kappa shape index (κ2) is 6.47. The molecule has 0 atom stereocenters. The summed E-state index contributed by atoms with van der Waals surface area (Å²) in [5.41, 5.74) is 0.611. The van der Waals surface area contributed by atoms with E-state index in [9.17, 15) is 9.18 Å². The van der Waals surface area contributed by atoms with Crippen LogP contribution in [0, 0.1) is 9.39 Å². The molecule has 0 amide bonds. The van der Waals surface area contributed by atoms with Crippen LogP contribution in [0.2, 0.25) is 0 Å². The Morgan fingerprint density at radius 2 is 1.89 bits per heavy atom. The number of carbonyl (C=O) groups excluding carboxylic acids is 1. The van der Waals surface area contributed by atoms with E-state index in [2.05, 4.69) is 22.6 Å². The molecule has 2 rings (SSSR count). The number of carbonyl (C=O) groups is 1. The molecule has 0 saturated heterocycles. The van der Waals surface area contributed by atoms with Gasteiger partial charge in [0.1, 0.15) is 11.6 Å². The molecule has 0 aliphatic rings. The molecule has 2 nitrogen and oxygen atoms in total. The molecular formula is C15H10FIO2. The molecule has 2 aromatic carbocycles. The fraction of sp³-hybridized carbons (Fsp3) is 0. The van der Waals surface area contributed by atoms with Crippen molar-refractivity contribution in [2.75, 3.05) is 0 Å². The molecule has 2 aromatic rings. The fourth-order valence-electron chi connectivity index (χ4n) is 1.43. The Morgan fingerprint density at radius 3 is 2.58 bits per heavy atom. The maximum absolute atomic E-state index is 12.9. The Bertz CT molecular complexity index is 606. The van der Waals surface area contributed by atoms with Gasteiger partial charge in [-0.15, -0.1) is 0 Å². The van der Waals surface area contributed by atoms with Crippen LogP contribution < -0.4 is 4.74 Å². The van der Waals surface area contributed by atoms with E-state index in [0.717, 1.165) is 3.57 Å². The van der Waals surface area contributed by atoms with E-state index in [1.54, 1.807) is 24.3 Å². The highest BCUT2D eigenvalue weighted by Crippen LogP contribution is 2.14. The van der Waals surface area contributed by atoms with Gasteiger partial charge in [-0.2, -0.15) is 0 Å². The average molecular weight is 368 g/mol. The number of benzene rings is 2. The van der Waals surface area contributed by atoms with Gasteiger partial charge in [-0.3, -0.25) is 0 Å². The Hall–Kier alpha value is -1.69. The molecule has 0 fully saturated rings. The van der Waals surface area contributed by atoms with Crippen LogP contribution in [-0.4, -0.2) is 5.97 Å². The molecule has 0 spiro atoms. The van der Waals surface area contributed by atoms with Crippen LogP contribution >= 0.6 is 22.6 Å². The SMILES string of the molecule is O=C(/C=C/c1cccc(F)c1)Oc1ccc(I)cc1. The largest absolute Gasteiger partial charge is 0.423 e. The first-order valence-electron chi connectivity index (χ1n) is 5.54. The molecule has 0 aliphatic carbocycles. The summed E-state index contributed by atoms with van der Waals surface area (Å²) in [7, 11) is 0. The first kappa shape index (κ1) is 13.7. The van der Waals surface area contributed by atoms with Gasteiger partial charge in [-0.25, -0.2) is 9.18 Å². The summed E-state index contributed by atoms with van der Waals surface area (Å²) in [4.78, 5) is 11.6. The van der Waals surface area contributed by atoms with Gasteiger partial charge in [-0.05, 0) is 70.6 Å². The van der Waals surface area contributed by atoms with E-state index >= 15 is 0 Å². The monoisotopic (exact) mass is 368 g/mol. The third-order valence-electron chi connectivity index (χ3n) is 2.29. The Kier molecular flexibility index (Phi) is 4.68. The summed E-state index contributed by atoms with van der Waals surface area (Å²) in [6, 6.07) is 13.1. The van der Waals surface area contributed by atoms with Crippen LogP contribution in [0.25, 0.3) is 6.08 Å². The minimum atomic E-state index is -0.495. The lowest BCUT2D eigenvalue weighted by Gasteiger charge is -2.00. The lowest BCUT2D eigenvalue weighted by atomic mass is 10.2. The highest BCUT2D eigenvalue weighted by atomic mass is 127. The molecule has 0 N–H and O–H groups in total. The molecule has 0 aliphatic heterocycles. The van der Waals surface area contributed by atoms with Crippen LogP contribution in [0.1, 0.15) is 5.56 Å². The molecule has 19 heavy (non-hydrogen) atoms. The Morgan fingerprint density at radius 1 is 1.16 bits per heavy atom. The molecule has 4 heteroatoms. The normalized spacial score (nSPS) is 10.6. The molecular weight excluding hydrogens is 358 g/mol. The van der Waals surface area contributed by atoms with E-state index < -0.39 is 5.97 Å². The fourth-order valence-corrected chi connectivity index (χ4v) is 1.79. The number of rotatable bonds is 3. The first-order valence-corrected chi connectivity index (χ1v) is 6.62. The van der Waals surface area contributed by atoms with Crippen molar-refractivity contribution in [1.82, 2.24) is 0 Å². The minimum Gasteiger partial charge on any atom is -0.423 e. The maximum Gasteiger partial charge on any atom is 0.336 e. The Balaban J connectivity index is 1.99. The zero-order chi connectivity index (χ0) is 13.7. The summed E-state index contributed by atoms with van der Waals surface area (Å²) in [6.07, 6.45) is 2.78. The van der Waals surface area contributed by atoms with Crippen molar-refractivity contribution in [3.05, 3.63) is 69.6 Å². The number of halogens is 2. The topological polar surface area (TPSA) is 26.3 Å². The Labute approximate surface area is 124 Å². The quantitative estimate of drug-likeness (QED) is 0.354. The van der Waals surface area contributed by atoms with Crippen LogP contribution in [0.15, 0.2) is 54.6 Å². The second-order valence-electron chi connectivity index (χ2n) is 3.76. The van der Waals surface area contributed by atoms with Gasteiger partial charge in [0.2, 0.25) is 0 Å². The third-order valence-corrected chi connectivity index (χ3v) is 3.01. The molecule has 0 saturated carbocycles. The van der Waals surface area contributed by atoms with Crippen molar-refractivity contribution in [2.24, 2.45) is 0 Å². The minimum absolute atomic E-state index is 0.340. The van der Waals surface area contributed by atoms with Crippen LogP contribution in [0.5, 0.6) is 5.75 Å². The number of hydrogen-bond acceptors (Lipinski definition) is 2. The molecule has 0 heterocycles. The van der Waals surface area contributed by atoms with Crippen LogP contribution in [-0.2, 0) is 4.79 Å². The zero-order valence-electron chi connectivity index (χ0n) is 9.85. The lowest BCUT2D eigenvalue weighted by molar-refractivity contribution is -0.128.